The molecule has 0 aromatic heterocycles. The highest BCUT2D eigenvalue weighted by atomic mass is 16.2. The Morgan fingerprint density at radius 2 is 2.00 bits per heavy atom. The van der Waals surface area contributed by atoms with Crippen molar-refractivity contribution >= 4 is 18.3 Å². The Morgan fingerprint density at radius 1 is 1.31 bits per heavy atom. The predicted molar refractivity (Wildman–Crippen MR) is 62.6 cm³/mol. The number of hydrogen-bond acceptors (Lipinski definition) is 3. The molecule has 16 heavy (non-hydrogen) atoms. The van der Waals surface area contributed by atoms with Crippen molar-refractivity contribution in [2.75, 3.05) is 13.6 Å². The summed E-state index contributed by atoms with van der Waals surface area (Å²) in [5.74, 6) is -0.239. The van der Waals surface area contributed by atoms with Gasteiger partial charge in [0, 0.05) is 0 Å². The van der Waals surface area contributed by atoms with Crippen LogP contribution in [0, 0.1) is 0 Å². The van der Waals surface area contributed by atoms with E-state index in [-0.39, 0.29) is 18.1 Å². The Labute approximate surface area is 94.4 Å². The first-order valence-corrected chi connectivity index (χ1v) is 4.92. The first-order chi connectivity index (χ1) is 7.76. The summed E-state index contributed by atoms with van der Waals surface area (Å²) in [7, 11) is 1.67. The summed E-state index contributed by atoms with van der Waals surface area (Å²) in [6.45, 7) is 0.181. The van der Waals surface area contributed by atoms with Gasteiger partial charge in [-0.2, -0.15) is 0 Å². The zero-order chi connectivity index (χ0) is 11.8. The maximum atomic E-state index is 11.2. The first-order valence-electron chi connectivity index (χ1n) is 4.92. The second-order valence-electron chi connectivity index (χ2n) is 3.21. The molecule has 1 amide bonds. The van der Waals surface area contributed by atoms with Gasteiger partial charge in [0.1, 0.15) is 0 Å². The van der Waals surface area contributed by atoms with Crippen LogP contribution in [0.1, 0.15) is 5.56 Å². The number of likely N-dealkylation sites (N-methyl/N-ethyl adjacent to an activating group) is 1. The summed E-state index contributed by atoms with van der Waals surface area (Å²) in [5, 5.41) is 5.21. The molecule has 84 valence electrons. The summed E-state index contributed by atoms with van der Waals surface area (Å²) in [5.41, 5.74) is 1.13. The zero-order valence-corrected chi connectivity index (χ0v) is 9.07. The summed E-state index contributed by atoms with van der Waals surface area (Å²) in [6, 6.07) is 9.33. The Balaban J connectivity index is 2.71. The Morgan fingerprint density at radius 3 is 2.56 bits per heavy atom. The molecule has 0 atom stereocenters. The van der Waals surface area contributed by atoms with Crippen molar-refractivity contribution in [3.05, 3.63) is 41.6 Å². The molecule has 0 saturated carbocycles. The maximum Gasteiger partial charge on any atom is 0.238 e. The van der Waals surface area contributed by atoms with Crippen LogP contribution >= 0.6 is 0 Å². The minimum Gasteiger partial charge on any atom is -0.322 e. The van der Waals surface area contributed by atoms with Gasteiger partial charge < -0.3 is 10.6 Å². The maximum absolute atomic E-state index is 11.2. The molecular formula is C12H14N2O2. The number of benzene rings is 1. The van der Waals surface area contributed by atoms with E-state index < -0.39 is 0 Å². The van der Waals surface area contributed by atoms with Crippen LogP contribution in [0.25, 0.3) is 6.08 Å². The minimum atomic E-state index is -0.239. The van der Waals surface area contributed by atoms with Crippen LogP contribution in [0.4, 0.5) is 0 Å². The predicted octanol–water partition coefficient (Wildman–Crippen LogP) is 0.562. The molecule has 1 aromatic carbocycles. The third-order valence-corrected chi connectivity index (χ3v) is 1.87. The van der Waals surface area contributed by atoms with E-state index in [1.54, 1.807) is 13.1 Å². The van der Waals surface area contributed by atoms with E-state index in [1.807, 2.05) is 30.3 Å². The van der Waals surface area contributed by atoms with Crippen LogP contribution < -0.4 is 10.6 Å². The Hall–Kier alpha value is -1.94. The van der Waals surface area contributed by atoms with Gasteiger partial charge in [-0.3, -0.25) is 9.59 Å². The molecule has 0 spiro atoms. The quantitative estimate of drug-likeness (QED) is 0.561. The largest absolute Gasteiger partial charge is 0.322 e. The van der Waals surface area contributed by atoms with Crippen molar-refractivity contribution in [2.45, 2.75) is 0 Å². The van der Waals surface area contributed by atoms with Crippen molar-refractivity contribution in [3.63, 3.8) is 0 Å². The molecule has 4 heteroatoms. The lowest BCUT2D eigenvalue weighted by atomic mass is 10.2. The topological polar surface area (TPSA) is 58.2 Å². The second-order valence-corrected chi connectivity index (χ2v) is 3.21. The van der Waals surface area contributed by atoms with Gasteiger partial charge in [-0.25, -0.2) is 0 Å². The molecule has 1 rings (SSSR count). The average molecular weight is 218 g/mol. The number of allylic oxidation sites excluding steroid dienone is 1. The summed E-state index contributed by atoms with van der Waals surface area (Å²) in [6.07, 6.45) is 2.25. The molecule has 0 fully saturated rings. The van der Waals surface area contributed by atoms with Crippen LogP contribution in [0.5, 0.6) is 0 Å². The fourth-order valence-electron chi connectivity index (χ4n) is 1.19. The van der Waals surface area contributed by atoms with E-state index in [9.17, 15) is 9.59 Å². The van der Waals surface area contributed by atoms with E-state index in [0.717, 1.165) is 5.56 Å². The number of carbonyl (C=O) groups excluding carboxylic acids is 2. The molecule has 0 saturated heterocycles. The smallest absolute Gasteiger partial charge is 0.238 e. The number of hydrogen-bond donors (Lipinski definition) is 2. The lowest BCUT2D eigenvalue weighted by molar-refractivity contribution is -0.120. The highest BCUT2D eigenvalue weighted by Gasteiger charge is 2.02. The molecule has 0 radical (unpaired) electrons. The van der Waals surface area contributed by atoms with Gasteiger partial charge in [0.25, 0.3) is 0 Å². The van der Waals surface area contributed by atoms with Gasteiger partial charge in [-0.05, 0) is 18.7 Å². The fraction of sp³-hybridized carbons (Fsp3) is 0.167. The SMILES string of the molecule is CNCC(=O)NC(C=O)=Cc1ccccc1. The van der Waals surface area contributed by atoms with Crippen molar-refractivity contribution < 1.29 is 9.59 Å². The van der Waals surface area contributed by atoms with Gasteiger partial charge in [-0.1, -0.05) is 30.3 Å². The van der Waals surface area contributed by atoms with Gasteiger partial charge in [0.2, 0.25) is 5.91 Å². The summed E-state index contributed by atoms with van der Waals surface area (Å²) in [4.78, 5) is 22.0. The Kier molecular flexibility index (Phi) is 4.95. The van der Waals surface area contributed by atoms with Crippen LogP contribution in [0.15, 0.2) is 36.0 Å². The lowest BCUT2D eigenvalue weighted by Gasteiger charge is -2.03. The van der Waals surface area contributed by atoms with E-state index in [2.05, 4.69) is 10.6 Å². The molecule has 0 heterocycles. The van der Waals surface area contributed by atoms with Crippen molar-refractivity contribution in [2.24, 2.45) is 0 Å². The highest BCUT2D eigenvalue weighted by molar-refractivity contribution is 5.90. The van der Waals surface area contributed by atoms with Crippen molar-refractivity contribution in [1.82, 2.24) is 10.6 Å². The first kappa shape index (κ1) is 12.1. The molecule has 0 aliphatic rings. The highest BCUT2D eigenvalue weighted by Crippen LogP contribution is 2.03. The number of rotatable bonds is 5. The van der Waals surface area contributed by atoms with Crippen LogP contribution in [0.2, 0.25) is 0 Å². The third-order valence-electron chi connectivity index (χ3n) is 1.87. The molecular weight excluding hydrogens is 204 g/mol. The molecule has 0 bridgehead atoms. The summed E-state index contributed by atoms with van der Waals surface area (Å²) >= 11 is 0. The molecule has 2 N–H and O–H groups in total. The standard InChI is InChI=1S/C12H14N2O2/c1-13-8-12(16)14-11(9-15)7-10-5-3-2-4-6-10/h2-7,9,13H,8H2,1H3,(H,14,16). The van der Waals surface area contributed by atoms with Crippen molar-refractivity contribution in [1.29, 1.82) is 0 Å². The number of carbonyl (C=O) groups is 2. The van der Waals surface area contributed by atoms with Gasteiger partial charge >= 0.3 is 0 Å². The summed E-state index contributed by atoms with van der Waals surface area (Å²) < 4.78 is 0. The lowest BCUT2D eigenvalue weighted by Crippen LogP contribution is -2.31. The van der Waals surface area contributed by atoms with E-state index >= 15 is 0 Å². The fourth-order valence-corrected chi connectivity index (χ4v) is 1.19. The number of nitrogens with one attached hydrogen (secondary N) is 2. The van der Waals surface area contributed by atoms with E-state index in [1.165, 1.54) is 0 Å². The monoisotopic (exact) mass is 218 g/mol. The zero-order valence-electron chi connectivity index (χ0n) is 9.07. The van der Waals surface area contributed by atoms with Gasteiger partial charge in [0.05, 0.1) is 12.2 Å². The second kappa shape index (κ2) is 6.53. The van der Waals surface area contributed by atoms with Crippen LogP contribution in [-0.2, 0) is 9.59 Å². The molecule has 0 aliphatic carbocycles. The third kappa shape index (κ3) is 4.06. The van der Waals surface area contributed by atoms with Crippen LogP contribution in [0.3, 0.4) is 0 Å². The molecule has 0 aliphatic heterocycles. The van der Waals surface area contributed by atoms with Gasteiger partial charge in [0.15, 0.2) is 6.29 Å². The van der Waals surface area contributed by atoms with Crippen LogP contribution in [-0.4, -0.2) is 25.8 Å². The number of amides is 1. The molecule has 1 aromatic rings. The molecule has 4 nitrogen and oxygen atoms in total. The minimum absolute atomic E-state index is 0.181. The normalized spacial score (nSPS) is 10.9. The van der Waals surface area contributed by atoms with E-state index in [4.69, 9.17) is 0 Å². The number of aldehydes is 1. The van der Waals surface area contributed by atoms with E-state index in [0.29, 0.717) is 6.29 Å². The molecule has 0 unspecified atom stereocenters. The Bertz CT molecular complexity index is 385. The average Bonchev–Trinajstić information content (AvgIpc) is 2.30. The van der Waals surface area contributed by atoms with Gasteiger partial charge in [-0.15, -0.1) is 0 Å². The van der Waals surface area contributed by atoms with Crippen molar-refractivity contribution in [3.8, 4) is 0 Å².